The van der Waals surface area contributed by atoms with Crippen LogP contribution in [-0.4, -0.2) is 50.4 Å². The van der Waals surface area contributed by atoms with Gasteiger partial charge in [-0.1, -0.05) is 43.3 Å². The van der Waals surface area contributed by atoms with Crippen LogP contribution in [0.2, 0.25) is 0 Å². The van der Waals surface area contributed by atoms with Gasteiger partial charge in [0.15, 0.2) is 0 Å². The molecule has 9 heteroatoms. The minimum Gasteiger partial charge on any atom is -0.497 e. The third-order valence-corrected chi connectivity index (χ3v) is 8.66. The Bertz CT molecular complexity index is 1470. The third-order valence-electron chi connectivity index (χ3n) is 6.80. The van der Waals surface area contributed by atoms with Crippen molar-refractivity contribution < 1.29 is 22.7 Å². The topological polar surface area (TPSA) is 96.0 Å². The maximum Gasteiger partial charge on any atom is 0.265 e. The standard InChI is InChI=1S/C30H37N3O5S/c1-6-24(29(35)31-30(2,3)4)32(20-21-11-7-14-23(19-21)38-5)27(34)17-10-18-33-25-15-8-12-22-13-9-16-26(28(22)25)39(33,36)37/h7-9,11-16,19,24H,6,10,17-18,20H2,1-5H3,(H,31,35)/t24-/m1/s1. The Hall–Kier alpha value is -3.59. The van der Waals surface area contributed by atoms with Gasteiger partial charge >= 0.3 is 0 Å². The van der Waals surface area contributed by atoms with Crippen LogP contribution in [0.4, 0.5) is 5.69 Å². The summed E-state index contributed by atoms with van der Waals surface area (Å²) in [4.78, 5) is 28.8. The number of rotatable bonds is 10. The van der Waals surface area contributed by atoms with Crippen LogP contribution in [0.25, 0.3) is 10.8 Å². The quantitative estimate of drug-likeness (QED) is 0.388. The molecule has 1 N–H and O–H groups in total. The maximum absolute atomic E-state index is 13.7. The molecule has 0 saturated heterocycles. The van der Waals surface area contributed by atoms with E-state index in [1.165, 1.54) is 4.31 Å². The van der Waals surface area contributed by atoms with E-state index in [1.54, 1.807) is 30.2 Å². The molecule has 0 spiro atoms. The molecule has 0 bridgehead atoms. The van der Waals surface area contributed by atoms with Gasteiger partial charge in [0.25, 0.3) is 10.0 Å². The first-order chi connectivity index (χ1) is 18.5. The molecule has 0 unspecified atom stereocenters. The van der Waals surface area contributed by atoms with Crippen molar-refractivity contribution >= 4 is 38.3 Å². The monoisotopic (exact) mass is 551 g/mol. The summed E-state index contributed by atoms with van der Waals surface area (Å²) in [6.07, 6.45) is 0.853. The highest BCUT2D eigenvalue weighted by molar-refractivity contribution is 7.93. The predicted octanol–water partition coefficient (Wildman–Crippen LogP) is 4.86. The first-order valence-electron chi connectivity index (χ1n) is 13.2. The SMILES string of the molecule is CC[C@H](C(=O)NC(C)(C)C)N(Cc1cccc(OC)c1)C(=O)CCCN1c2cccc3cccc(c23)S1(=O)=O. The molecule has 39 heavy (non-hydrogen) atoms. The number of sulfonamides is 1. The first kappa shape index (κ1) is 28.4. The summed E-state index contributed by atoms with van der Waals surface area (Å²) in [5, 5.41) is 4.59. The first-order valence-corrected chi connectivity index (χ1v) is 14.7. The molecule has 0 fully saturated rings. The van der Waals surface area contributed by atoms with Crippen molar-refractivity contribution in [1.29, 1.82) is 0 Å². The van der Waals surface area contributed by atoms with Crippen molar-refractivity contribution in [2.45, 2.75) is 70.0 Å². The molecule has 1 aliphatic heterocycles. The Balaban J connectivity index is 1.54. The summed E-state index contributed by atoms with van der Waals surface area (Å²) in [5.41, 5.74) is 1.03. The zero-order chi connectivity index (χ0) is 28.4. The number of amides is 2. The molecule has 2 amide bonds. The van der Waals surface area contributed by atoms with Crippen LogP contribution < -0.4 is 14.4 Å². The Morgan fingerprint density at radius 2 is 1.74 bits per heavy atom. The van der Waals surface area contributed by atoms with Crippen LogP contribution in [0.5, 0.6) is 5.75 Å². The average Bonchev–Trinajstić information content (AvgIpc) is 3.10. The summed E-state index contributed by atoms with van der Waals surface area (Å²) in [7, 11) is -2.12. The zero-order valence-corrected chi connectivity index (χ0v) is 24.0. The average molecular weight is 552 g/mol. The van der Waals surface area contributed by atoms with Gasteiger partial charge in [0.05, 0.1) is 17.7 Å². The zero-order valence-electron chi connectivity index (χ0n) is 23.2. The van der Waals surface area contributed by atoms with Crippen LogP contribution in [0.1, 0.15) is 52.5 Å². The molecule has 1 atom stereocenters. The van der Waals surface area contributed by atoms with Crippen LogP contribution in [0, 0.1) is 0 Å². The molecule has 3 aromatic rings. The molecule has 1 heterocycles. The van der Waals surface area contributed by atoms with Crippen molar-refractivity contribution in [3.05, 3.63) is 66.2 Å². The number of methoxy groups -OCH3 is 1. The van der Waals surface area contributed by atoms with E-state index in [-0.39, 0.29) is 31.3 Å². The number of carbonyl (C=O) groups is 2. The molecular weight excluding hydrogens is 514 g/mol. The van der Waals surface area contributed by atoms with Crippen molar-refractivity contribution in [3.8, 4) is 5.75 Å². The van der Waals surface area contributed by atoms with E-state index in [9.17, 15) is 18.0 Å². The van der Waals surface area contributed by atoms with Gasteiger partial charge in [0.1, 0.15) is 11.8 Å². The third kappa shape index (κ3) is 6.03. The lowest BCUT2D eigenvalue weighted by atomic mass is 10.0. The molecule has 4 rings (SSSR count). The van der Waals surface area contributed by atoms with E-state index in [0.717, 1.165) is 16.3 Å². The molecule has 3 aromatic carbocycles. The van der Waals surface area contributed by atoms with Crippen LogP contribution in [0.15, 0.2) is 65.6 Å². The van der Waals surface area contributed by atoms with Gasteiger partial charge in [-0.05, 0) is 68.8 Å². The van der Waals surface area contributed by atoms with E-state index < -0.39 is 21.6 Å². The van der Waals surface area contributed by atoms with E-state index in [1.807, 2.05) is 70.2 Å². The van der Waals surface area contributed by atoms with E-state index >= 15 is 0 Å². The van der Waals surface area contributed by atoms with Gasteiger partial charge in [0.2, 0.25) is 11.8 Å². The van der Waals surface area contributed by atoms with Crippen LogP contribution >= 0.6 is 0 Å². The Morgan fingerprint density at radius 1 is 1.05 bits per heavy atom. The van der Waals surface area contributed by atoms with Crippen molar-refractivity contribution in [2.75, 3.05) is 18.0 Å². The van der Waals surface area contributed by atoms with E-state index in [2.05, 4.69) is 5.32 Å². The van der Waals surface area contributed by atoms with Gasteiger partial charge in [-0.25, -0.2) is 8.42 Å². The second-order valence-electron chi connectivity index (χ2n) is 10.8. The van der Waals surface area contributed by atoms with Gasteiger partial charge in [0, 0.05) is 30.4 Å². The molecule has 1 aliphatic rings. The second-order valence-corrected chi connectivity index (χ2v) is 12.7. The van der Waals surface area contributed by atoms with Crippen LogP contribution in [0.3, 0.4) is 0 Å². The predicted molar refractivity (Wildman–Crippen MR) is 153 cm³/mol. The number of ether oxygens (including phenoxy) is 1. The molecule has 8 nitrogen and oxygen atoms in total. The number of nitrogens with one attached hydrogen (secondary N) is 1. The molecule has 0 aromatic heterocycles. The number of benzene rings is 3. The number of carbonyl (C=O) groups excluding carboxylic acids is 2. The summed E-state index contributed by atoms with van der Waals surface area (Å²) < 4.78 is 33.4. The minimum atomic E-state index is -3.70. The highest BCUT2D eigenvalue weighted by Gasteiger charge is 2.36. The van der Waals surface area contributed by atoms with Crippen LogP contribution in [-0.2, 0) is 26.2 Å². The van der Waals surface area contributed by atoms with Crippen molar-refractivity contribution in [2.24, 2.45) is 0 Å². The number of hydrogen-bond donors (Lipinski definition) is 1. The lowest BCUT2D eigenvalue weighted by molar-refractivity contribution is -0.142. The normalized spacial score (nSPS) is 14.7. The smallest absolute Gasteiger partial charge is 0.265 e. The van der Waals surface area contributed by atoms with Gasteiger partial charge in [-0.3, -0.25) is 13.9 Å². The largest absolute Gasteiger partial charge is 0.497 e. The minimum absolute atomic E-state index is 0.0988. The molecule has 0 radical (unpaired) electrons. The summed E-state index contributed by atoms with van der Waals surface area (Å²) in [6.45, 7) is 7.99. The number of anilines is 1. The Labute approximate surface area is 231 Å². The lowest BCUT2D eigenvalue weighted by Gasteiger charge is -2.33. The maximum atomic E-state index is 13.7. The fraction of sp³-hybridized carbons (Fsp3) is 0.400. The highest BCUT2D eigenvalue weighted by Crippen LogP contribution is 2.42. The van der Waals surface area contributed by atoms with Gasteiger partial charge in [-0.15, -0.1) is 0 Å². The van der Waals surface area contributed by atoms with Gasteiger partial charge < -0.3 is 15.0 Å². The van der Waals surface area contributed by atoms with E-state index in [0.29, 0.717) is 29.2 Å². The fourth-order valence-corrected chi connectivity index (χ4v) is 6.81. The Morgan fingerprint density at radius 3 is 2.41 bits per heavy atom. The van der Waals surface area contributed by atoms with E-state index in [4.69, 9.17) is 4.74 Å². The fourth-order valence-electron chi connectivity index (χ4n) is 5.06. The molecule has 0 aliphatic carbocycles. The van der Waals surface area contributed by atoms with Crippen molar-refractivity contribution in [3.63, 3.8) is 0 Å². The second kappa shape index (κ2) is 11.3. The van der Waals surface area contributed by atoms with Gasteiger partial charge in [-0.2, -0.15) is 0 Å². The summed E-state index contributed by atoms with van der Waals surface area (Å²) >= 11 is 0. The lowest BCUT2D eigenvalue weighted by Crippen LogP contribution is -2.53. The summed E-state index contributed by atoms with van der Waals surface area (Å²) in [5.74, 6) is 0.242. The molecule has 208 valence electrons. The van der Waals surface area contributed by atoms with Crippen molar-refractivity contribution in [1.82, 2.24) is 10.2 Å². The molecular formula is C30H37N3O5S. The Kier molecular flexibility index (Phi) is 8.20. The number of nitrogens with zero attached hydrogens (tertiary/aromatic N) is 2. The number of hydrogen-bond acceptors (Lipinski definition) is 5. The molecule has 0 saturated carbocycles. The summed E-state index contributed by atoms with van der Waals surface area (Å²) in [6, 6.07) is 17.6. The highest BCUT2D eigenvalue weighted by atomic mass is 32.2.